The Morgan fingerprint density at radius 1 is 0.296 bits per heavy atom. The maximum absolute atomic E-state index is 13.5. The van der Waals surface area contributed by atoms with E-state index in [1.54, 1.807) is 0 Å². The lowest BCUT2D eigenvalue weighted by atomic mass is 9.96. The van der Waals surface area contributed by atoms with Gasteiger partial charge in [0, 0.05) is 6.42 Å². The van der Waals surface area contributed by atoms with E-state index < -0.39 is 124 Å². The molecule has 19 heteroatoms. The molecular weight excluding hydrogens is 1370 g/mol. The van der Waals surface area contributed by atoms with Gasteiger partial charge in [-0.2, -0.15) is 0 Å². The fourth-order valence-corrected chi connectivity index (χ4v) is 16.3. The van der Waals surface area contributed by atoms with Crippen molar-refractivity contribution < 1.29 is 89.4 Å². The third-order valence-corrected chi connectivity index (χ3v) is 23.7. The summed E-state index contributed by atoms with van der Waals surface area (Å²) in [6, 6.07) is -0.884. The number of ether oxygens (including phenoxy) is 6. The Hall–Kier alpha value is -1.21. The quantitative estimate of drug-likeness (QED) is 0.0252. The minimum Gasteiger partial charge on any atom is -0.394 e. The number of carbonyl (C=O) groups excluding carboxylic acids is 1. The summed E-state index contributed by atoms with van der Waals surface area (Å²) in [5.41, 5.74) is 0. The highest BCUT2D eigenvalue weighted by Gasteiger charge is 2.54. The third kappa shape index (κ3) is 48.4. The van der Waals surface area contributed by atoms with Crippen molar-refractivity contribution in [3.8, 4) is 0 Å². The number of amides is 1. The molecule has 17 unspecified atom stereocenters. The molecule has 3 heterocycles. The number of nitrogens with one attached hydrogen (secondary N) is 1. The van der Waals surface area contributed by atoms with E-state index in [0.717, 1.165) is 44.9 Å². The van der Waals surface area contributed by atoms with Gasteiger partial charge in [-0.25, -0.2) is 0 Å². The maximum Gasteiger partial charge on any atom is 0.220 e. The number of unbranched alkanes of at least 4 members (excludes halogenated alkanes) is 61. The molecule has 0 aromatic carbocycles. The maximum atomic E-state index is 13.5. The zero-order valence-corrected chi connectivity index (χ0v) is 69.4. The van der Waals surface area contributed by atoms with Crippen LogP contribution in [0.4, 0.5) is 0 Å². The van der Waals surface area contributed by atoms with Crippen molar-refractivity contribution >= 4 is 5.91 Å². The van der Waals surface area contributed by atoms with Crippen LogP contribution in [-0.2, 0) is 33.2 Å². The van der Waals surface area contributed by atoms with Crippen LogP contribution >= 0.6 is 0 Å². The second-order valence-corrected chi connectivity index (χ2v) is 33.5. The second-order valence-electron chi connectivity index (χ2n) is 33.5. The molecule has 108 heavy (non-hydrogen) atoms. The lowest BCUT2D eigenvalue weighted by molar-refractivity contribution is -0.379. The van der Waals surface area contributed by atoms with Crippen molar-refractivity contribution in [3.63, 3.8) is 0 Å². The smallest absolute Gasteiger partial charge is 0.220 e. The van der Waals surface area contributed by atoms with Gasteiger partial charge in [-0.3, -0.25) is 4.79 Å². The molecular formula is C89H173NO18. The van der Waals surface area contributed by atoms with Gasteiger partial charge >= 0.3 is 0 Å². The first-order valence-electron chi connectivity index (χ1n) is 46.3. The average molecular weight is 1550 g/mol. The standard InChI is InChI=1S/C89H173NO18/c1-3-5-7-9-11-13-15-17-19-21-23-25-27-29-31-32-33-34-35-36-37-38-39-40-41-43-45-47-49-51-53-55-57-59-61-63-65-67-77(95)90-72(73(94)66-64-62-60-58-56-54-52-50-48-46-44-42-30-28-26-24-22-20-18-16-14-12-10-8-6-4-2)71-103-87-83(101)80(98)85(75(69-92)105-87)108-89-84(102)81(99)86(76(70-93)106-89)107-88-82(100)79(97)78(96)74(68-91)104-88/h72-76,78-89,91-94,96-102H,3-71H2,1-2H3,(H,90,95). The van der Waals surface area contributed by atoms with Crippen LogP contribution in [0.15, 0.2) is 0 Å². The molecule has 3 fully saturated rings. The molecule has 19 nitrogen and oxygen atoms in total. The van der Waals surface area contributed by atoms with Gasteiger partial charge in [-0.05, 0) is 12.8 Å². The van der Waals surface area contributed by atoms with E-state index in [4.69, 9.17) is 28.4 Å². The molecule has 3 aliphatic heterocycles. The molecule has 12 N–H and O–H groups in total. The highest BCUT2D eigenvalue weighted by Crippen LogP contribution is 2.34. The Morgan fingerprint density at radius 3 is 0.806 bits per heavy atom. The van der Waals surface area contributed by atoms with E-state index in [1.165, 1.54) is 353 Å². The molecule has 0 aliphatic carbocycles. The van der Waals surface area contributed by atoms with Gasteiger partial charge in [-0.15, -0.1) is 0 Å². The molecule has 1 amide bonds. The van der Waals surface area contributed by atoms with Crippen molar-refractivity contribution in [1.29, 1.82) is 0 Å². The average Bonchev–Trinajstić information content (AvgIpc) is 0.779. The van der Waals surface area contributed by atoms with Gasteiger partial charge < -0.3 is 89.9 Å². The Bertz CT molecular complexity index is 1940. The number of carbonyl (C=O) groups is 1. The van der Waals surface area contributed by atoms with Crippen LogP contribution in [0.2, 0.25) is 0 Å². The second kappa shape index (κ2) is 70.0. The van der Waals surface area contributed by atoms with Crippen LogP contribution in [0, 0.1) is 0 Å². The number of hydrogen-bond donors (Lipinski definition) is 12. The van der Waals surface area contributed by atoms with Gasteiger partial charge in [0.2, 0.25) is 5.91 Å². The lowest BCUT2D eigenvalue weighted by Gasteiger charge is -2.48. The molecule has 0 aromatic rings. The van der Waals surface area contributed by atoms with Crippen molar-refractivity contribution in [2.45, 2.75) is 535 Å². The van der Waals surface area contributed by atoms with Crippen LogP contribution in [0.25, 0.3) is 0 Å². The largest absolute Gasteiger partial charge is 0.394 e. The minimum atomic E-state index is -1.97. The van der Waals surface area contributed by atoms with Crippen molar-refractivity contribution in [1.82, 2.24) is 5.32 Å². The van der Waals surface area contributed by atoms with Gasteiger partial charge in [-0.1, -0.05) is 412 Å². The van der Waals surface area contributed by atoms with E-state index in [1.807, 2.05) is 0 Å². The fourth-order valence-electron chi connectivity index (χ4n) is 16.3. The number of hydrogen-bond acceptors (Lipinski definition) is 18. The molecule has 3 saturated heterocycles. The lowest BCUT2D eigenvalue weighted by Crippen LogP contribution is -2.66. The highest BCUT2D eigenvalue weighted by atomic mass is 16.8. The molecule has 642 valence electrons. The monoisotopic (exact) mass is 1540 g/mol. The summed E-state index contributed by atoms with van der Waals surface area (Å²) in [7, 11) is 0. The van der Waals surface area contributed by atoms with E-state index in [0.29, 0.717) is 12.8 Å². The molecule has 0 spiro atoms. The topological polar surface area (TPSA) is 307 Å². The summed E-state index contributed by atoms with van der Waals surface area (Å²) >= 11 is 0. The Morgan fingerprint density at radius 2 is 0.528 bits per heavy atom. The summed E-state index contributed by atoms with van der Waals surface area (Å²) in [6.45, 7) is 1.89. The summed E-state index contributed by atoms with van der Waals surface area (Å²) in [4.78, 5) is 13.5. The number of rotatable bonds is 77. The predicted octanol–water partition coefficient (Wildman–Crippen LogP) is 17.7. The first-order chi connectivity index (χ1) is 52.8. The van der Waals surface area contributed by atoms with Crippen LogP contribution in [0.5, 0.6) is 0 Å². The van der Waals surface area contributed by atoms with E-state index >= 15 is 0 Å². The molecule has 17 atom stereocenters. The SMILES string of the molecule is CCCCCCCCCCCCCCCCCCCCCCCCCCCCCCCCCCCCCCCC(=O)NC(COC1OC(CO)C(OC2OC(CO)C(OC3OC(CO)C(O)C(O)C3O)C(O)C2O)C(O)C1O)C(O)CCCCCCCCCCCCCCCCCCCCCCCCCCCC. The van der Waals surface area contributed by atoms with Crippen LogP contribution in [0.1, 0.15) is 431 Å². The van der Waals surface area contributed by atoms with Gasteiger partial charge in [0.15, 0.2) is 18.9 Å². The van der Waals surface area contributed by atoms with Crippen LogP contribution in [-0.4, -0.2) is 193 Å². The Balaban J connectivity index is 1.29. The van der Waals surface area contributed by atoms with Crippen molar-refractivity contribution in [3.05, 3.63) is 0 Å². The molecule has 3 aliphatic rings. The van der Waals surface area contributed by atoms with E-state index in [9.17, 15) is 61.0 Å². The predicted molar refractivity (Wildman–Crippen MR) is 434 cm³/mol. The zero-order valence-electron chi connectivity index (χ0n) is 69.4. The van der Waals surface area contributed by atoms with Gasteiger partial charge in [0.05, 0.1) is 38.6 Å². The highest BCUT2D eigenvalue weighted by molar-refractivity contribution is 5.76. The van der Waals surface area contributed by atoms with Crippen molar-refractivity contribution in [2.75, 3.05) is 26.4 Å². The fraction of sp³-hybridized carbons (Fsp3) is 0.989. The van der Waals surface area contributed by atoms with Gasteiger partial charge in [0.25, 0.3) is 0 Å². The normalized spacial score (nSPS) is 25.3. The first kappa shape index (κ1) is 101. The number of aliphatic hydroxyl groups excluding tert-OH is 11. The number of aliphatic hydroxyl groups is 11. The summed E-state index contributed by atoms with van der Waals surface area (Å²) in [6.07, 6.45) is 58.0. The molecule has 0 radical (unpaired) electrons. The first-order valence-corrected chi connectivity index (χ1v) is 46.3. The van der Waals surface area contributed by atoms with Gasteiger partial charge in [0.1, 0.15) is 73.2 Å². The summed E-state index contributed by atoms with van der Waals surface area (Å²) < 4.78 is 34.6. The molecule has 3 rings (SSSR count). The molecule has 0 bridgehead atoms. The zero-order chi connectivity index (χ0) is 78.1. The Labute approximate surface area is 659 Å². The van der Waals surface area contributed by atoms with Crippen LogP contribution in [0.3, 0.4) is 0 Å². The third-order valence-electron chi connectivity index (χ3n) is 23.7. The van der Waals surface area contributed by atoms with E-state index in [-0.39, 0.29) is 18.9 Å². The minimum absolute atomic E-state index is 0.230. The van der Waals surface area contributed by atoms with E-state index in [2.05, 4.69) is 19.2 Å². The summed E-state index contributed by atoms with van der Waals surface area (Å²) in [5.74, 6) is -0.230. The summed E-state index contributed by atoms with van der Waals surface area (Å²) in [5, 5.41) is 121. The van der Waals surface area contributed by atoms with Crippen molar-refractivity contribution in [2.24, 2.45) is 0 Å². The Kier molecular flexibility index (Phi) is 65.5. The molecule has 0 saturated carbocycles. The van der Waals surface area contributed by atoms with Crippen LogP contribution < -0.4 is 5.32 Å². The molecule has 0 aromatic heterocycles.